The summed E-state index contributed by atoms with van der Waals surface area (Å²) >= 11 is 0. The van der Waals surface area contributed by atoms with E-state index in [1.165, 1.54) is 12.8 Å². The van der Waals surface area contributed by atoms with E-state index in [2.05, 4.69) is 34.6 Å². The topological polar surface area (TPSA) is 75.9 Å². The van der Waals surface area contributed by atoms with Crippen LogP contribution in [-0.4, -0.2) is 16.5 Å². The molecular weight excluding hydrogens is 250 g/mol. The average Bonchev–Trinajstić information content (AvgIpc) is 3.25. The van der Waals surface area contributed by atoms with Crippen molar-refractivity contribution in [2.75, 3.05) is 17.3 Å². The van der Waals surface area contributed by atoms with Crippen molar-refractivity contribution in [2.45, 2.75) is 26.7 Å². The number of nitrogens with two attached hydrogens (primary N) is 1. The number of anilines is 2. The number of hydrogen-bond acceptors (Lipinski definition) is 5. The van der Waals surface area contributed by atoms with Crippen molar-refractivity contribution in [1.82, 2.24) is 9.97 Å². The lowest BCUT2D eigenvalue weighted by Crippen LogP contribution is -2.22. The SMILES string of the molecule is CC(C)C1(CNc2nc(NN)nc3ccccc23)CC1. The first-order valence-corrected chi connectivity index (χ1v) is 7.12. The van der Waals surface area contributed by atoms with Gasteiger partial charge < -0.3 is 5.32 Å². The van der Waals surface area contributed by atoms with Crippen LogP contribution >= 0.6 is 0 Å². The van der Waals surface area contributed by atoms with Crippen LogP contribution in [0.3, 0.4) is 0 Å². The molecule has 1 aliphatic rings. The molecule has 1 fully saturated rings. The number of hydrogen-bond donors (Lipinski definition) is 3. The number of aromatic nitrogens is 2. The van der Waals surface area contributed by atoms with Crippen LogP contribution < -0.4 is 16.6 Å². The van der Waals surface area contributed by atoms with E-state index >= 15 is 0 Å². The van der Waals surface area contributed by atoms with Gasteiger partial charge in [0.2, 0.25) is 5.95 Å². The predicted molar refractivity (Wildman–Crippen MR) is 82.3 cm³/mol. The number of fused-ring (bicyclic) bond motifs is 1. The molecule has 1 aromatic heterocycles. The Bertz CT molecular complexity index is 619. The van der Waals surface area contributed by atoms with Crippen LogP contribution in [-0.2, 0) is 0 Å². The van der Waals surface area contributed by atoms with Gasteiger partial charge in [0.05, 0.1) is 5.52 Å². The van der Waals surface area contributed by atoms with Gasteiger partial charge in [-0.2, -0.15) is 4.98 Å². The first kappa shape index (κ1) is 13.1. The monoisotopic (exact) mass is 271 g/mol. The van der Waals surface area contributed by atoms with Crippen LogP contribution in [0.4, 0.5) is 11.8 Å². The lowest BCUT2D eigenvalue weighted by molar-refractivity contribution is 0.380. The molecule has 2 aromatic rings. The highest BCUT2D eigenvalue weighted by molar-refractivity contribution is 5.90. The Morgan fingerprint density at radius 3 is 2.65 bits per heavy atom. The summed E-state index contributed by atoms with van der Waals surface area (Å²) in [6.45, 7) is 5.54. The van der Waals surface area contributed by atoms with Crippen LogP contribution in [0.1, 0.15) is 26.7 Å². The Morgan fingerprint density at radius 2 is 2.00 bits per heavy atom. The molecule has 0 saturated heterocycles. The van der Waals surface area contributed by atoms with E-state index in [0.29, 0.717) is 17.3 Å². The normalized spacial score (nSPS) is 16.4. The second-order valence-corrected chi connectivity index (χ2v) is 5.93. The van der Waals surface area contributed by atoms with Gasteiger partial charge >= 0.3 is 0 Å². The molecule has 1 aliphatic carbocycles. The van der Waals surface area contributed by atoms with E-state index in [4.69, 9.17) is 5.84 Å². The predicted octanol–water partition coefficient (Wildman–Crippen LogP) is 2.76. The van der Waals surface area contributed by atoms with Crippen LogP contribution in [0.25, 0.3) is 10.9 Å². The zero-order valence-corrected chi connectivity index (χ0v) is 12.0. The summed E-state index contributed by atoms with van der Waals surface area (Å²) < 4.78 is 0. The molecule has 0 spiro atoms. The first-order valence-electron chi connectivity index (χ1n) is 7.12. The van der Waals surface area contributed by atoms with Gasteiger partial charge in [-0.25, -0.2) is 10.8 Å². The first-order chi connectivity index (χ1) is 9.64. The molecule has 0 unspecified atom stereocenters. The molecule has 4 N–H and O–H groups in total. The zero-order valence-electron chi connectivity index (χ0n) is 12.0. The molecular formula is C15H21N5. The highest BCUT2D eigenvalue weighted by Crippen LogP contribution is 2.51. The standard InChI is InChI=1S/C15H21N5/c1-10(2)15(7-8-15)9-17-13-11-5-3-4-6-12(11)18-14(19-13)20-16/h3-6,10H,7-9,16H2,1-2H3,(H2,17,18,19,20). The minimum absolute atomic E-state index is 0.433. The maximum atomic E-state index is 5.45. The molecule has 0 aliphatic heterocycles. The number of rotatable bonds is 5. The average molecular weight is 271 g/mol. The highest BCUT2D eigenvalue weighted by Gasteiger charge is 2.45. The Morgan fingerprint density at radius 1 is 1.25 bits per heavy atom. The highest BCUT2D eigenvalue weighted by atomic mass is 15.3. The number of benzene rings is 1. The van der Waals surface area contributed by atoms with E-state index in [9.17, 15) is 0 Å². The van der Waals surface area contributed by atoms with Crippen molar-refractivity contribution >= 4 is 22.7 Å². The molecule has 1 aromatic carbocycles. The lowest BCUT2D eigenvalue weighted by Gasteiger charge is -2.21. The van der Waals surface area contributed by atoms with E-state index < -0.39 is 0 Å². The number of hydrazine groups is 1. The van der Waals surface area contributed by atoms with E-state index in [-0.39, 0.29) is 0 Å². The van der Waals surface area contributed by atoms with Gasteiger partial charge in [-0.1, -0.05) is 26.0 Å². The van der Waals surface area contributed by atoms with Crippen LogP contribution in [0.15, 0.2) is 24.3 Å². The van der Waals surface area contributed by atoms with Crippen LogP contribution in [0.5, 0.6) is 0 Å². The van der Waals surface area contributed by atoms with E-state index in [1.54, 1.807) is 0 Å². The lowest BCUT2D eigenvalue weighted by atomic mass is 9.92. The number of para-hydroxylation sites is 1. The number of nitrogen functional groups attached to an aromatic ring is 1. The summed E-state index contributed by atoms with van der Waals surface area (Å²) in [4.78, 5) is 8.81. The van der Waals surface area contributed by atoms with Crippen LogP contribution in [0.2, 0.25) is 0 Å². The van der Waals surface area contributed by atoms with Gasteiger partial charge in [-0.05, 0) is 36.3 Å². The Balaban J connectivity index is 1.90. The Labute approximate surface area is 119 Å². The third kappa shape index (κ3) is 2.29. The molecule has 0 atom stereocenters. The maximum absolute atomic E-state index is 5.45. The Kier molecular flexibility index (Phi) is 3.22. The van der Waals surface area contributed by atoms with Crippen molar-refractivity contribution in [3.63, 3.8) is 0 Å². The van der Waals surface area contributed by atoms with Crippen molar-refractivity contribution < 1.29 is 0 Å². The van der Waals surface area contributed by atoms with Gasteiger partial charge in [0.25, 0.3) is 0 Å². The molecule has 0 radical (unpaired) electrons. The molecule has 1 heterocycles. The molecule has 0 bridgehead atoms. The van der Waals surface area contributed by atoms with Gasteiger partial charge in [0.15, 0.2) is 0 Å². The fourth-order valence-corrected chi connectivity index (χ4v) is 2.65. The summed E-state index contributed by atoms with van der Waals surface area (Å²) in [5.74, 6) is 7.44. The Hall–Kier alpha value is -1.88. The molecule has 3 rings (SSSR count). The summed E-state index contributed by atoms with van der Waals surface area (Å²) in [6, 6.07) is 7.98. The molecule has 106 valence electrons. The summed E-state index contributed by atoms with van der Waals surface area (Å²) in [5.41, 5.74) is 3.86. The van der Waals surface area contributed by atoms with Gasteiger partial charge in [-0.15, -0.1) is 0 Å². The van der Waals surface area contributed by atoms with Gasteiger partial charge in [0, 0.05) is 11.9 Å². The van der Waals surface area contributed by atoms with Gasteiger partial charge in [0.1, 0.15) is 5.82 Å². The molecule has 0 amide bonds. The van der Waals surface area contributed by atoms with Crippen molar-refractivity contribution in [3.05, 3.63) is 24.3 Å². The number of nitrogens with one attached hydrogen (secondary N) is 2. The third-order valence-corrected chi connectivity index (χ3v) is 4.46. The molecule has 20 heavy (non-hydrogen) atoms. The van der Waals surface area contributed by atoms with Crippen LogP contribution in [0, 0.1) is 11.3 Å². The number of nitrogens with zero attached hydrogens (tertiary/aromatic N) is 2. The second kappa shape index (κ2) is 4.90. The summed E-state index contributed by atoms with van der Waals surface area (Å²) in [7, 11) is 0. The van der Waals surface area contributed by atoms with E-state index in [0.717, 1.165) is 23.3 Å². The second-order valence-electron chi connectivity index (χ2n) is 5.93. The van der Waals surface area contributed by atoms with E-state index in [1.807, 2.05) is 24.3 Å². The van der Waals surface area contributed by atoms with Crippen molar-refractivity contribution in [2.24, 2.45) is 17.2 Å². The smallest absolute Gasteiger partial charge is 0.239 e. The third-order valence-electron chi connectivity index (χ3n) is 4.46. The zero-order chi connectivity index (χ0) is 14.2. The maximum Gasteiger partial charge on any atom is 0.239 e. The van der Waals surface area contributed by atoms with Crippen molar-refractivity contribution in [1.29, 1.82) is 0 Å². The van der Waals surface area contributed by atoms with Crippen molar-refractivity contribution in [3.8, 4) is 0 Å². The fourth-order valence-electron chi connectivity index (χ4n) is 2.65. The minimum Gasteiger partial charge on any atom is -0.369 e. The molecule has 1 saturated carbocycles. The molecule has 5 nitrogen and oxygen atoms in total. The minimum atomic E-state index is 0.433. The molecule has 5 heteroatoms. The quantitative estimate of drug-likeness (QED) is 0.576. The summed E-state index contributed by atoms with van der Waals surface area (Å²) in [5, 5.41) is 4.53. The summed E-state index contributed by atoms with van der Waals surface area (Å²) in [6.07, 6.45) is 2.59. The van der Waals surface area contributed by atoms with Gasteiger partial charge in [-0.3, -0.25) is 5.43 Å². The fraction of sp³-hybridized carbons (Fsp3) is 0.467. The largest absolute Gasteiger partial charge is 0.369 e.